The Morgan fingerprint density at radius 3 is 2.61 bits per heavy atom. The first-order valence-corrected chi connectivity index (χ1v) is 7.59. The van der Waals surface area contributed by atoms with Crippen molar-refractivity contribution in [3.8, 4) is 0 Å². The van der Waals surface area contributed by atoms with E-state index in [-0.39, 0.29) is 11.1 Å². The molecular weight excluding hydrogens is 301 g/mol. The molecule has 23 heavy (non-hydrogen) atoms. The molecule has 3 amide bonds. The molecule has 3 N–H and O–H groups in total. The molecule has 0 aromatic heterocycles. The number of hydrogen-bond acceptors (Lipinski definition) is 3. The summed E-state index contributed by atoms with van der Waals surface area (Å²) < 4.78 is 18.8. The normalized spacial score (nSPS) is 16.0. The van der Waals surface area contributed by atoms with Crippen LogP contribution in [0.5, 0.6) is 0 Å². The average molecular weight is 323 g/mol. The van der Waals surface area contributed by atoms with Crippen molar-refractivity contribution >= 4 is 17.6 Å². The van der Waals surface area contributed by atoms with Crippen LogP contribution >= 0.6 is 0 Å². The van der Waals surface area contributed by atoms with Crippen LogP contribution in [0.2, 0.25) is 0 Å². The van der Waals surface area contributed by atoms with E-state index in [2.05, 4.69) is 16.0 Å². The van der Waals surface area contributed by atoms with Gasteiger partial charge in [-0.25, -0.2) is 9.18 Å². The molecule has 0 unspecified atom stereocenters. The molecule has 0 bridgehead atoms. The Labute approximate surface area is 134 Å². The van der Waals surface area contributed by atoms with E-state index in [0.29, 0.717) is 12.3 Å². The number of halogens is 1. The molecule has 126 valence electrons. The minimum absolute atomic E-state index is 0.113. The van der Waals surface area contributed by atoms with Crippen molar-refractivity contribution in [3.63, 3.8) is 0 Å². The first-order chi connectivity index (χ1) is 11.0. The molecule has 1 aliphatic carbocycles. The fraction of sp³-hybridized carbons (Fsp3) is 0.500. The van der Waals surface area contributed by atoms with E-state index in [9.17, 15) is 14.0 Å². The second-order valence-electron chi connectivity index (χ2n) is 5.77. The molecule has 0 aliphatic heterocycles. The molecule has 1 fully saturated rings. The molecule has 0 radical (unpaired) electrons. The number of carbonyl (C=O) groups is 2. The van der Waals surface area contributed by atoms with Gasteiger partial charge in [-0.2, -0.15) is 0 Å². The number of methoxy groups -OCH3 is 1. The summed E-state index contributed by atoms with van der Waals surface area (Å²) in [5.41, 5.74) is -0.117. The summed E-state index contributed by atoms with van der Waals surface area (Å²) in [6, 6.07) is 3.49. The number of carbonyl (C=O) groups excluding carboxylic acids is 2. The number of amides is 3. The summed E-state index contributed by atoms with van der Waals surface area (Å²) >= 11 is 0. The van der Waals surface area contributed by atoms with Crippen molar-refractivity contribution in [2.45, 2.75) is 31.2 Å². The molecule has 1 saturated carbocycles. The summed E-state index contributed by atoms with van der Waals surface area (Å²) in [6.45, 7) is 0.452. The number of benzene rings is 1. The molecular formula is C16H22FN3O3. The van der Waals surface area contributed by atoms with Crippen molar-refractivity contribution in [3.05, 3.63) is 29.6 Å². The second-order valence-corrected chi connectivity index (χ2v) is 5.77. The van der Waals surface area contributed by atoms with Crippen LogP contribution in [-0.2, 0) is 4.74 Å². The van der Waals surface area contributed by atoms with Gasteiger partial charge in [0, 0.05) is 19.8 Å². The van der Waals surface area contributed by atoms with Gasteiger partial charge < -0.3 is 20.7 Å². The Morgan fingerprint density at radius 2 is 2.00 bits per heavy atom. The van der Waals surface area contributed by atoms with Crippen LogP contribution in [-0.4, -0.2) is 38.2 Å². The van der Waals surface area contributed by atoms with Gasteiger partial charge in [-0.1, -0.05) is 12.8 Å². The van der Waals surface area contributed by atoms with Gasteiger partial charge in [0.05, 0.1) is 17.7 Å². The van der Waals surface area contributed by atoms with E-state index < -0.39 is 17.8 Å². The van der Waals surface area contributed by atoms with E-state index >= 15 is 0 Å². The van der Waals surface area contributed by atoms with Gasteiger partial charge in [0.1, 0.15) is 5.82 Å². The molecule has 0 saturated heterocycles. The van der Waals surface area contributed by atoms with Crippen molar-refractivity contribution in [2.24, 2.45) is 0 Å². The maximum Gasteiger partial charge on any atom is 0.319 e. The van der Waals surface area contributed by atoms with Gasteiger partial charge in [0.25, 0.3) is 5.91 Å². The predicted octanol–water partition coefficient (Wildman–Crippen LogP) is 2.27. The highest BCUT2D eigenvalue weighted by Crippen LogP contribution is 2.30. The van der Waals surface area contributed by atoms with Crippen LogP contribution in [0.4, 0.5) is 14.9 Å². The zero-order chi connectivity index (χ0) is 16.9. The summed E-state index contributed by atoms with van der Waals surface area (Å²) in [6.07, 6.45) is 3.81. The zero-order valence-electron chi connectivity index (χ0n) is 13.4. The number of anilines is 1. The van der Waals surface area contributed by atoms with E-state index in [1.165, 1.54) is 19.2 Å². The van der Waals surface area contributed by atoms with E-state index in [4.69, 9.17) is 4.74 Å². The molecule has 1 aliphatic rings. The van der Waals surface area contributed by atoms with Gasteiger partial charge in [-0.05, 0) is 31.0 Å². The van der Waals surface area contributed by atoms with Crippen molar-refractivity contribution in [1.82, 2.24) is 10.6 Å². The van der Waals surface area contributed by atoms with Crippen LogP contribution in [0, 0.1) is 5.82 Å². The fourth-order valence-corrected chi connectivity index (χ4v) is 2.95. The van der Waals surface area contributed by atoms with Crippen LogP contribution in [0.15, 0.2) is 18.2 Å². The number of urea groups is 1. The summed E-state index contributed by atoms with van der Waals surface area (Å²) in [5, 5.41) is 7.96. The van der Waals surface area contributed by atoms with Crippen molar-refractivity contribution in [1.29, 1.82) is 0 Å². The van der Waals surface area contributed by atoms with Gasteiger partial charge in [-0.15, -0.1) is 0 Å². The van der Waals surface area contributed by atoms with E-state index in [1.54, 1.807) is 7.11 Å². The van der Waals surface area contributed by atoms with Gasteiger partial charge >= 0.3 is 6.03 Å². The molecule has 0 atom stereocenters. The lowest BCUT2D eigenvalue weighted by atomic mass is 9.99. The molecule has 1 aromatic carbocycles. The minimum atomic E-state index is -0.637. The maximum absolute atomic E-state index is 13.6. The van der Waals surface area contributed by atoms with E-state index in [0.717, 1.165) is 31.7 Å². The standard InChI is InChI=1S/C16H22FN3O3/c1-18-14(21)12-9-11(5-6-13(12)17)19-15(22)20-16(10-23-2)7-3-4-8-16/h5-6,9H,3-4,7-8,10H2,1-2H3,(H,18,21)(H2,19,20,22). The lowest BCUT2D eigenvalue weighted by molar-refractivity contribution is 0.0959. The summed E-state index contributed by atoms with van der Waals surface area (Å²) in [4.78, 5) is 23.8. The van der Waals surface area contributed by atoms with Gasteiger partial charge in [0.2, 0.25) is 0 Å². The largest absolute Gasteiger partial charge is 0.382 e. The van der Waals surface area contributed by atoms with Crippen molar-refractivity contribution < 1.29 is 18.7 Å². The number of rotatable bonds is 5. The maximum atomic E-state index is 13.6. The second kappa shape index (κ2) is 7.41. The topological polar surface area (TPSA) is 79.5 Å². The molecule has 0 heterocycles. The van der Waals surface area contributed by atoms with Crippen LogP contribution in [0.1, 0.15) is 36.0 Å². The Balaban J connectivity index is 2.06. The summed E-state index contributed by atoms with van der Waals surface area (Å²) in [5.74, 6) is -1.18. The highest BCUT2D eigenvalue weighted by Gasteiger charge is 2.35. The minimum Gasteiger partial charge on any atom is -0.382 e. The third kappa shape index (κ3) is 4.19. The monoisotopic (exact) mass is 323 g/mol. The Morgan fingerprint density at radius 1 is 1.30 bits per heavy atom. The molecule has 6 nitrogen and oxygen atoms in total. The first kappa shape index (κ1) is 17.2. The lowest BCUT2D eigenvalue weighted by Gasteiger charge is -2.29. The third-order valence-corrected chi connectivity index (χ3v) is 4.06. The zero-order valence-corrected chi connectivity index (χ0v) is 13.4. The molecule has 1 aromatic rings. The number of nitrogens with one attached hydrogen (secondary N) is 3. The average Bonchev–Trinajstić information content (AvgIpc) is 2.96. The van der Waals surface area contributed by atoms with Gasteiger partial charge in [-0.3, -0.25) is 4.79 Å². The number of ether oxygens (including phenoxy) is 1. The van der Waals surface area contributed by atoms with Crippen LogP contribution in [0.3, 0.4) is 0 Å². The smallest absolute Gasteiger partial charge is 0.319 e. The van der Waals surface area contributed by atoms with Crippen LogP contribution < -0.4 is 16.0 Å². The van der Waals surface area contributed by atoms with Gasteiger partial charge in [0.15, 0.2) is 0 Å². The first-order valence-electron chi connectivity index (χ1n) is 7.59. The van der Waals surface area contributed by atoms with Crippen molar-refractivity contribution in [2.75, 3.05) is 26.1 Å². The Hall–Kier alpha value is -2.15. The highest BCUT2D eigenvalue weighted by atomic mass is 19.1. The van der Waals surface area contributed by atoms with E-state index in [1.807, 2.05) is 0 Å². The quantitative estimate of drug-likeness (QED) is 0.778. The lowest BCUT2D eigenvalue weighted by Crippen LogP contribution is -2.51. The Bertz CT molecular complexity index is 586. The predicted molar refractivity (Wildman–Crippen MR) is 85.0 cm³/mol. The molecule has 0 spiro atoms. The summed E-state index contributed by atoms with van der Waals surface area (Å²) in [7, 11) is 3.03. The van der Waals surface area contributed by atoms with Crippen LogP contribution in [0.25, 0.3) is 0 Å². The molecule has 2 rings (SSSR count). The Kier molecular flexibility index (Phi) is 5.54. The SMILES string of the molecule is CNC(=O)c1cc(NC(=O)NC2(COC)CCCC2)ccc1F. The molecule has 7 heteroatoms. The third-order valence-electron chi connectivity index (χ3n) is 4.06. The number of hydrogen-bond donors (Lipinski definition) is 3. The highest BCUT2D eigenvalue weighted by molar-refractivity contribution is 5.97. The fourth-order valence-electron chi connectivity index (χ4n) is 2.95.